The van der Waals surface area contributed by atoms with Gasteiger partial charge in [0, 0.05) is 24.1 Å². The molecule has 0 saturated carbocycles. The molecule has 0 aromatic carbocycles. The number of halogens is 7. The number of hydrogen-bond acceptors (Lipinski definition) is 4. The predicted octanol–water partition coefficient (Wildman–Crippen LogP) is 4.89. The van der Waals surface area contributed by atoms with E-state index < -0.39 is 31.2 Å². The Hall–Kier alpha value is -1.95. The maximum atomic E-state index is 13.0. The number of carbonyl (C=O) groups excluding carboxylic acids is 1. The largest absolute Gasteiger partial charge is 0.406 e. The topological polar surface area (TPSA) is 51.0 Å². The third-order valence-electron chi connectivity index (χ3n) is 3.48. The monoisotopic (exact) mass is 460 g/mol. The molecule has 0 unspecified atom stereocenters. The molecule has 5 nitrogen and oxygen atoms in total. The molecule has 0 spiro atoms. The number of nitrogens with zero attached hydrogens (tertiary/aromatic N) is 4. The first kappa shape index (κ1) is 23.3. The zero-order valence-corrected chi connectivity index (χ0v) is 16.2. The molecule has 0 saturated heterocycles. The van der Waals surface area contributed by atoms with Crippen LogP contribution in [-0.4, -0.2) is 51.1 Å². The standard InChI is InChI=1S/C16H15ClF6N4OS/c17-14-12(9-27(25-14)11-2-1-5-24-8-11)26(10-16(21,22)23)13(28)3-6-29-7-4-15(18,19)20/h1-2,5,8-9H,3-4,6-7,10H2. The van der Waals surface area contributed by atoms with Gasteiger partial charge in [-0.15, -0.1) is 0 Å². The zero-order valence-electron chi connectivity index (χ0n) is 14.7. The van der Waals surface area contributed by atoms with Gasteiger partial charge < -0.3 is 0 Å². The Morgan fingerprint density at radius 3 is 2.48 bits per heavy atom. The summed E-state index contributed by atoms with van der Waals surface area (Å²) >= 11 is 6.79. The molecule has 0 bridgehead atoms. The molecule has 2 aromatic heterocycles. The highest BCUT2D eigenvalue weighted by Crippen LogP contribution is 2.30. The summed E-state index contributed by atoms with van der Waals surface area (Å²) in [6.45, 7) is -1.60. The summed E-state index contributed by atoms with van der Waals surface area (Å²) in [6.07, 6.45) is -6.40. The van der Waals surface area contributed by atoms with Gasteiger partial charge in [0.1, 0.15) is 12.2 Å². The van der Waals surface area contributed by atoms with E-state index in [2.05, 4.69) is 10.1 Å². The van der Waals surface area contributed by atoms with Gasteiger partial charge in [-0.2, -0.15) is 43.2 Å². The van der Waals surface area contributed by atoms with Crippen LogP contribution in [-0.2, 0) is 4.79 Å². The van der Waals surface area contributed by atoms with E-state index in [4.69, 9.17) is 11.6 Å². The molecule has 0 aliphatic rings. The van der Waals surface area contributed by atoms with E-state index >= 15 is 0 Å². The Morgan fingerprint density at radius 2 is 1.90 bits per heavy atom. The highest BCUT2D eigenvalue weighted by Gasteiger charge is 2.35. The minimum Gasteiger partial charge on any atom is -0.299 e. The highest BCUT2D eigenvalue weighted by atomic mass is 35.5. The van der Waals surface area contributed by atoms with Gasteiger partial charge in [0.15, 0.2) is 5.15 Å². The van der Waals surface area contributed by atoms with Crippen molar-refractivity contribution in [2.75, 3.05) is 23.0 Å². The van der Waals surface area contributed by atoms with Gasteiger partial charge in [0.05, 0.1) is 24.5 Å². The second kappa shape index (κ2) is 9.70. The van der Waals surface area contributed by atoms with Crippen molar-refractivity contribution < 1.29 is 31.1 Å². The molecule has 0 fully saturated rings. The second-order valence-corrected chi connectivity index (χ2v) is 7.37. The quantitative estimate of drug-likeness (QED) is 0.416. The van der Waals surface area contributed by atoms with E-state index in [0.717, 1.165) is 11.8 Å². The average Bonchev–Trinajstić information content (AvgIpc) is 3.00. The van der Waals surface area contributed by atoms with Crippen molar-refractivity contribution in [3.63, 3.8) is 0 Å². The molecule has 0 aliphatic carbocycles. The number of rotatable bonds is 8. The minimum atomic E-state index is -4.71. The van der Waals surface area contributed by atoms with Crippen LogP contribution >= 0.6 is 23.4 Å². The Kier molecular flexibility index (Phi) is 7.80. The maximum absolute atomic E-state index is 13.0. The Balaban J connectivity index is 2.12. The summed E-state index contributed by atoms with van der Waals surface area (Å²) in [4.78, 5) is 16.7. The third kappa shape index (κ3) is 7.77. The first-order valence-electron chi connectivity index (χ1n) is 8.13. The minimum absolute atomic E-state index is 0.0579. The molecule has 0 atom stereocenters. The van der Waals surface area contributed by atoms with Crippen LogP contribution in [0, 0.1) is 0 Å². The lowest BCUT2D eigenvalue weighted by molar-refractivity contribution is -0.132. The van der Waals surface area contributed by atoms with Gasteiger partial charge in [-0.3, -0.25) is 14.7 Å². The fourth-order valence-electron chi connectivity index (χ4n) is 2.22. The Labute approximate surface area is 171 Å². The zero-order chi connectivity index (χ0) is 21.7. The van der Waals surface area contributed by atoms with Crippen molar-refractivity contribution in [2.45, 2.75) is 25.2 Å². The van der Waals surface area contributed by atoms with Crippen LogP contribution in [0.25, 0.3) is 5.69 Å². The van der Waals surface area contributed by atoms with Crippen molar-refractivity contribution in [2.24, 2.45) is 0 Å². The summed E-state index contributed by atoms with van der Waals surface area (Å²) in [6, 6.07) is 3.18. The molecule has 1 amide bonds. The number of thioether (sulfide) groups is 1. The Bertz CT molecular complexity index is 812. The lowest BCUT2D eigenvalue weighted by Gasteiger charge is -2.23. The predicted molar refractivity (Wildman–Crippen MR) is 97.4 cm³/mol. The number of pyridine rings is 1. The van der Waals surface area contributed by atoms with Gasteiger partial charge in [-0.05, 0) is 12.1 Å². The van der Waals surface area contributed by atoms with Gasteiger partial charge in [0.25, 0.3) is 0 Å². The van der Waals surface area contributed by atoms with Crippen molar-refractivity contribution in [1.29, 1.82) is 0 Å². The maximum Gasteiger partial charge on any atom is 0.406 e. The van der Waals surface area contributed by atoms with E-state index in [1.165, 1.54) is 23.3 Å². The highest BCUT2D eigenvalue weighted by molar-refractivity contribution is 7.99. The third-order valence-corrected chi connectivity index (χ3v) is 4.74. The molecule has 2 heterocycles. The van der Waals surface area contributed by atoms with Crippen LogP contribution in [0.2, 0.25) is 5.15 Å². The molecule has 0 N–H and O–H groups in total. The van der Waals surface area contributed by atoms with E-state index in [1.54, 1.807) is 12.1 Å². The molecule has 0 aliphatic heterocycles. The van der Waals surface area contributed by atoms with Gasteiger partial charge >= 0.3 is 12.4 Å². The molecule has 29 heavy (non-hydrogen) atoms. The fourth-order valence-corrected chi connectivity index (χ4v) is 3.35. The van der Waals surface area contributed by atoms with Crippen molar-refractivity contribution >= 4 is 35.0 Å². The average molecular weight is 461 g/mol. The van der Waals surface area contributed by atoms with Crippen LogP contribution in [0.15, 0.2) is 30.7 Å². The summed E-state index contributed by atoms with van der Waals surface area (Å²) in [5.74, 6) is -1.26. The molecular weight excluding hydrogens is 446 g/mol. The van der Waals surface area contributed by atoms with Gasteiger partial charge in [-0.25, -0.2) is 4.68 Å². The normalized spacial score (nSPS) is 12.2. The number of aromatic nitrogens is 3. The summed E-state index contributed by atoms with van der Waals surface area (Å²) < 4.78 is 76.5. The first-order valence-corrected chi connectivity index (χ1v) is 9.67. The number of amides is 1. The Morgan fingerprint density at radius 1 is 1.17 bits per heavy atom. The van der Waals surface area contributed by atoms with E-state index in [1.807, 2.05) is 0 Å². The first-order chi connectivity index (χ1) is 13.5. The molecule has 13 heteroatoms. The van der Waals surface area contributed by atoms with Crippen LogP contribution < -0.4 is 4.90 Å². The number of hydrogen-bond donors (Lipinski definition) is 0. The van der Waals surface area contributed by atoms with Crippen LogP contribution in [0.5, 0.6) is 0 Å². The molecular formula is C16H15ClF6N4OS. The molecule has 2 aromatic rings. The van der Waals surface area contributed by atoms with Crippen molar-refractivity contribution in [3.05, 3.63) is 35.9 Å². The van der Waals surface area contributed by atoms with E-state index in [9.17, 15) is 31.1 Å². The van der Waals surface area contributed by atoms with Gasteiger partial charge in [0.2, 0.25) is 5.91 Å². The lowest BCUT2D eigenvalue weighted by atomic mass is 10.3. The smallest absolute Gasteiger partial charge is 0.299 e. The fraction of sp³-hybridized carbons (Fsp3) is 0.438. The van der Waals surface area contributed by atoms with E-state index in [0.29, 0.717) is 10.6 Å². The van der Waals surface area contributed by atoms with Crippen LogP contribution in [0.4, 0.5) is 32.0 Å². The van der Waals surface area contributed by atoms with E-state index in [-0.39, 0.29) is 28.8 Å². The number of anilines is 1. The summed E-state index contributed by atoms with van der Waals surface area (Å²) in [7, 11) is 0. The molecule has 160 valence electrons. The molecule has 0 radical (unpaired) electrons. The molecule has 2 rings (SSSR count). The van der Waals surface area contributed by atoms with Crippen LogP contribution in [0.3, 0.4) is 0 Å². The lowest BCUT2D eigenvalue weighted by Crippen LogP contribution is -2.39. The SMILES string of the molecule is O=C(CCSCCC(F)(F)F)N(CC(F)(F)F)c1cn(-c2cccnc2)nc1Cl. The summed E-state index contributed by atoms with van der Waals surface area (Å²) in [5, 5.41) is 3.58. The van der Waals surface area contributed by atoms with Gasteiger partial charge in [-0.1, -0.05) is 11.6 Å². The van der Waals surface area contributed by atoms with Crippen LogP contribution in [0.1, 0.15) is 12.8 Å². The second-order valence-electron chi connectivity index (χ2n) is 5.78. The number of alkyl halides is 6. The number of carbonyl (C=O) groups is 1. The van der Waals surface area contributed by atoms with Crippen molar-refractivity contribution in [3.8, 4) is 5.69 Å². The summed E-state index contributed by atoms with van der Waals surface area (Å²) in [5.41, 5.74) is 0.168. The van der Waals surface area contributed by atoms with Crippen molar-refractivity contribution in [1.82, 2.24) is 14.8 Å².